The van der Waals surface area contributed by atoms with Gasteiger partial charge in [0.15, 0.2) is 0 Å². The summed E-state index contributed by atoms with van der Waals surface area (Å²) in [4.78, 5) is 4.20. The summed E-state index contributed by atoms with van der Waals surface area (Å²) in [5.41, 5.74) is 2.54. The number of aryl methyl sites for hydroxylation is 1. The van der Waals surface area contributed by atoms with Crippen LogP contribution in [0.25, 0.3) is 0 Å². The van der Waals surface area contributed by atoms with Crippen molar-refractivity contribution in [2.75, 3.05) is 0 Å². The maximum atomic E-state index is 4.20. The third kappa shape index (κ3) is 5.67. The summed E-state index contributed by atoms with van der Waals surface area (Å²) < 4.78 is 2.19. The van der Waals surface area contributed by atoms with Gasteiger partial charge in [-0.2, -0.15) is 0 Å². The van der Waals surface area contributed by atoms with Crippen molar-refractivity contribution >= 4 is 0 Å². The molecule has 2 nitrogen and oxygen atoms in total. The Bertz CT molecular complexity index is 384. The van der Waals surface area contributed by atoms with E-state index in [-0.39, 0.29) is 0 Å². The normalized spacial score (nSPS) is 11.2. The molecule has 1 heterocycles. The lowest BCUT2D eigenvalue weighted by atomic mass is 10.2. The fourth-order valence-electron chi connectivity index (χ4n) is 1.68. The first-order valence-corrected chi connectivity index (χ1v) is 6.75. The Labute approximate surface area is 112 Å². The zero-order valence-electron chi connectivity index (χ0n) is 12.2. The quantitative estimate of drug-likeness (QED) is 0.673. The first-order chi connectivity index (χ1) is 8.81. The van der Waals surface area contributed by atoms with E-state index in [1.807, 2.05) is 51.5 Å². The van der Waals surface area contributed by atoms with Crippen LogP contribution in [-0.4, -0.2) is 9.55 Å². The molecule has 0 fully saturated rings. The van der Waals surface area contributed by atoms with Crippen LogP contribution in [0.4, 0.5) is 0 Å². The van der Waals surface area contributed by atoms with Crippen molar-refractivity contribution in [2.45, 2.75) is 47.1 Å². The Morgan fingerprint density at radius 2 is 2.17 bits per heavy atom. The summed E-state index contributed by atoms with van der Waals surface area (Å²) in [5.74, 6) is 0. The Balaban J connectivity index is 0.00000137. The van der Waals surface area contributed by atoms with Gasteiger partial charge in [-0.3, -0.25) is 0 Å². The third-order valence-corrected chi connectivity index (χ3v) is 2.37. The van der Waals surface area contributed by atoms with Crippen LogP contribution in [-0.2, 0) is 13.0 Å². The summed E-state index contributed by atoms with van der Waals surface area (Å²) in [6.07, 6.45) is 14.1. The third-order valence-electron chi connectivity index (χ3n) is 2.37. The largest absolute Gasteiger partial charge is 0.330 e. The lowest BCUT2D eigenvalue weighted by Gasteiger charge is -2.07. The molecule has 0 radical (unpaired) electrons. The Morgan fingerprint density at radius 1 is 1.44 bits per heavy atom. The van der Waals surface area contributed by atoms with E-state index in [1.165, 1.54) is 11.3 Å². The van der Waals surface area contributed by atoms with E-state index in [9.17, 15) is 0 Å². The number of imidazole rings is 1. The molecule has 0 spiro atoms. The number of hydrogen-bond donors (Lipinski definition) is 0. The summed E-state index contributed by atoms with van der Waals surface area (Å²) in [6.45, 7) is 12.8. The SMILES string of the molecule is C=C/C=C(\C=C/C)Cn1cncc1CCC.CC. The van der Waals surface area contributed by atoms with Gasteiger partial charge in [0.25, 0.3) is 0 Å². The highest BCUT2D eigenvalue weighted by atomic mass is 15.0. The fraction of sp³-hybridized carbons (Fsp3) is 0.438. The minimum absolute atomic E-state index is 0.867. The standard InChI is InChI=1S/C14H20N2.C2H6/c1-4-7-13(8-5-2)11-16-12-15-10-14(16)9-6-3;1-2/h4-5,7-8,10,12H,1,6,9,11H2,2-3H3;1-2H3/b8-5-,13-7+;. The van der Waals surface area contributed by atoms with Gasteiger partial charge in [0.1, 0.15) is 0 Å². The molecule has 2 heteroatoms. The minimum Gasteiger partial charge on any atom is -0.330 e. The predicted molar refractivity (Wildman–Crippen MR) is 80.7 cm³/mol. The van der Waals surface area contributed by atoms with Gasteiger partial charge in [-0.1, -0.05) is 58.1 Å². The van der Waals surface area contributed by atoms with Crippen LogP contribution in [0.15, 0.2) is 49.0 Å². The van der Waals surface area contributed by atoms with E-state index in [4.69, 9.17) is 0 Å². The Morgan fingerprint density at radius 3 is 2.72 bits per heavy atom. The lowest BCUT2D eigenvalue weighted by Crippen LogP contribution is -2.03. The van der Waals surface area contributed by atoms with Gasteiger partial charge in [0.2, 0.25) is 0 Å². The molecular formula is C16H26N2. The van der Waals surface area contributed by atoms with Crippen molar-refractivity contribution in [1.82, 2.24) is 9.55 Å². The van der Waals surface area contributed by atoms with E-state index in [1.54, 1.807) is 0 Å². The molecule has 0 unspecified atom stereocenters. The van der Waals surface area contributed by atoms with E-state index >= 15 is 0 Å². The average molecular weight is 246 g/mol. The van der Waals surface area contributed by atoms with Crippen molar-refractivity contribution in [2.24, 2.45) is 0 Å². The highest BCUT2D eigenvalue weighted by molar-refractivity contribution is 5.23. The Kier molecular flexibility index (Phi) is 9.65. The van der Waals surface area contributed by atoms with Gasteiger partial charge in [0, 0.05) is 18.4 Å². The molecule has 1 aromatic rings. The minimum atomic E-state index is 0.867. The van der Waals surface area contributed by atoms with Gasteiger partial charge in [-0.25, -0.2) is 4.98 Å². The second-order valence-electron chi connectivity index (χ2n) is 3.74. The van der Waals surface area contributed by atoms with Gasteiger partial charge in [-0.05, 0) is 18.9 Å². The van der Waals surface area contributed by atoms with Gasteiger partial charge in [-0.15, -0.1) is 0 Å². The molecule has 0 aromatic carbocycles. The molecule has 0 bridgehead atoms. The number of hydrogen-bond acceptors (Lipinski definition) is 1. The predicted octanol–water partition coefficient (Wildman–Crippen LogP) is 4.55. The molecule has 0 atom stereocenters. The molecule has 100 valence electrons. The lowest BCUT2D eigenvalue weighted by molar-refractivity contribution is 0.722. The van der Waals surface area contributed by atoms with Crippen LogP contribution >= 0.6 is 0 Å². The van der Waals surface area contributed by atoms with Gasteiger partial charge < -0.3 is 4.57 Å². The van der Waals surface area contributed by atoms with E-state index < -0.39 is 0 Å². The van der Waals surface area contributed by atoms with Crippen molar-refractivity contribution in [3.05, 3.63) is 54.7 Å². The molecule has 0 aliphatic heterocycles. The number of allylic oxidation sites excluding steroid dienone is 5. The molecule has 0 saturated carbocycles. The monoisotopic (exact) mass is 246 g/mol. The molecule has 0 N–H and O–H groups in total. The molecule has 1 aromatic heterocycles. The van der Waals surface area contributed by atoms with Crippen LogP contribution in [0, 0.1) is 0 Å². The number of rotatable bonds is 6. The van der Waals surface area contributed by atoms with Crippen LogP contribution < -0.4 is 0 Å². The number of nitrogens with zero attached hydrogens (tertiary/aromatic N) is 2. The van der Waals surface area contributed by atoms with Crippen molar-refractivity contribution in [3.8, 4) is 0 Å². The smallest absolute Gasteiger partial charge is 0.0951 e. The first kappa shape index (κ1) is 16.4. The highest BCUT2D eigenvalue weighted by Gasteiger charge is 2.01. The maximum Gasteiger partial charge on any atom is 0.0951 e. The topological polar surface area (TPSA) is 17.8 Å². The fourth-order valence-corrected chi connectivity index (χ4v) is 1.68. The molecule has 0 aliphatic rings. The highest BCUT2D eigenvalue weighted by Crippen LogP contribution is 2.08. The van der Waals surface area contributed by atoms with Gasteiger partial charge >= 0.3 is 0 Å². The number of aromatic nitrogens is 2. The summed E-state index contributed by atoms with van der Waals surface area (Å²) in [5, 5.41) is 0. The van der Waals surface area contributed by atoms with Crippen molar-refractivity contribution in [3.63, 3.8) is 0 Å². The molecule has 18 heavy (non-hydrogen) atoms. The maximum absolute atomic E-state index is 4.20. The zero-order chi connectivity index (χ0) is 13.8. The summed E-state index contributed by atoms with van der Waals surface area (Å²) >= 11 is 0. The molecule has 0 amide bonds. The Hall–Kier alpha value is -1.57. The van der Waals surface area contributed by atoms with Crippen LogP contribution in [0.2, 0.25) is 0 Å². The van der Waals surface area contributed by atoms with Crippen LogP contribution in [0.5, 0.6) is 0 Å². The molecular weight excluding hydrogens is 220 g/mol. The van der Waals surface area contributed by atoms with E-state index in [0.717, 1.165) is 19.4 Å². The summed E-state index contributed by atoms with van der Waals surface area (Å²) in [6, 6.07) is 0. The first-order valence-electron chi connectivity index (χ1n) is 6.75. The second-order valence-corrected chi connectivity index (χ2v) is 3.74. The second kappa shape index (κ2) is 10.6. The molecule has 1 rings (SSSR count). The van der Waals surface area contributed by atoms with Crippen LogP contribution in [0.1, 0.15) is 39.8 Å². The molecule has 0 saturated heterocycles. The zero-order valence-corrected chi connectivity index (χ0v) is 12.2. The molecule has 0 aliphatic carbocycles. The van der Waals surface area contributed by atoms with Crippen LogP contribution in [0.3, 0.4) is 0 Å². The average Bonchev–Trinajstić information content (AvgIpc) is 2.80. The van der Waals surface area contributed by atoms with Gasteiger partial charge in [0.05, 0.1) is 6.33 Å². The van der Waals surface area contributed by atoms with E-state index in [0.29, 0.717) is 0 Å². The van der Waals surface area contributed by atoms with E-state index in [2.05, 4.69) is 29.1 Å². The summed E-state index contributed by atoms with van der Waals surface area (Å²) in [7, 11) is 0. The van der Waals surface area contributed by atoms with Crippen molar-refractivity contribution in [1.29, 1.82) is 0 Å². The van der Waals surface area contributed by atoms with Crippen molar-refractivity contribution < 1.29 is 0 Å².